The molecule has 0 unspecified atom stereocenters. The highest BCUT2D eigenvalue weighted by Crippen LogP contribution is 2.09. The molecule has 0 aliphatic carbocycles. The molecule has 0 spiro atoms. The quantitative estimate of drug-likeness (QED) is 0.882. The average molecular weight is 290 g/mol. The summed E-state index contributed by atoms with van der Waals surface area (Å²) in [6, 6.07) is 3.02. The van der Waals surface area contributed by atoms with Gasteiger partial charge in [-0.05, 0) is 32.9 Å². The Balaban J connectivity index is 1.84. The summed E-state index contributed by atoms with van der Waals surface area (Å²) < 4.78 is 10.2. The molecule has 2 amide bonds. The van der Waals surface area contributed by atoms with E-state index >= 15 is 0 Å². The lowest BCUT2D eigenvalue weighted by molar-refractivity contribution is 0.0910. The van der Waals surface area contributed by atoms with Crippen molar-refractivity contribution >= 4 is 11.8 Å². The molecular formula is C15H18N2O4. The van der Waals surface area contributed by atoms with Gasteiger partial charge in [0, 0.05) is 12.6 Å². The molecule has 0 aromatic carbocycles. The van der Waals surface area contributed by atoms with Crippen LogP contribution in [0.1, 0.15) is 39.2 Å². The number of furan rings is 2. The third kappa shape index (κ3) is 3.53. The third-order valence-corrected chi connectivity index (χ3v) is 3.15. The van der Waals surface area contributed by atoms with Gasteiger partial charge >= 0.3 is 0 Å². The number of amides is 2. The van der Waals surface area contributed by atoms with Gasteiger partial charge in [-0.25, -0.2) is 0 Å². The third-order valence-electron chi connectivity index (χ3n) is 3.15. The van der Waals surface area contributed by atoms with Crippen molar-refractivity contribution in [3.8, 4) is 0 Å². The molecule has 0 bridgehead atoms. The summed E-state index contributed by atoms with van der Waals surface area (Å²) in [5.41, 5.74) is 0.998. The van der Waals surface area contributed by atoms with Crippen LogP contribution in [0.2, 0.25) is 0 Å². The second-order valence-electron chi connectivity index (χ2n) is 4.87. The van der Waals surface area contributed by atoms with Gasteiger partial charge in [-0.3, -0.25) is 9.59 Å². The number of nitrogens with one attached hydrogen (secondary N) is 2. The number of aryl methyl sites for hydroxylation is 2. The monoisotopic (exact) mass is 290 g/mol. The maximum atomic E-state index is 12.0. The zero-order valence-electron chi connectivity index (χ0n) is 12.2. The van der Waals surface area contributed by atoms with Crippen molar-refractivity contribution in [1.29, 1.82) is 0 Å². The van der Waals surface area contributed by atoms with Gasteiger partial charge in [0.05, 0.1) is 23.7 Å². The predicted molar refractivity (Wildman–Crippen MR) is 76.2 cm³/mol. The Morgan fingerprint density at radius 3 is 2.05 bits per heavy atom. The fourth-order valence-corrected chi connectivity index (χ4v) is 1.93. The lowest BCUT2D eigenvalue weighted by atomic mass is 10.2. The SMILES string of the molecule is Cc1occc1C(=O)NC[C@H](C)NC(=O)c1ccoc1C. The minimum absolute atomic E-state index is 0.206. The molecule has 112 valence electrons. The van der Waals surface area contributed by atoms with Crippen molar-refractivity contribution in [3.63, 3.8) is 0 Å². The Morgan fingerprint density at radius 2 is 1.57 bits per heavy atom. The molecule has 0 fully saturated rings. The van der Waals surface area contributed by atoms with Crippen LogP contribution < -0.4 is 10.6 Å². The minimum Gasteiger partial charge on any atom is -0.469 e. The van der Waals surface area contributed by atoms with Crippen molar-refractivity contribution in [2.24, 2.45) is 0 Å². The van der Waals surface area contributed by atoms with Gasteiger partial charge < -0.3 is 19.5 Å². The summed E-state index contributed by atoms with van der Waals surface area (Å²) in [7, 11) is 0. The Hall–Kier alpha value is -2.50. The van der Waals surface area contributed by atoms with Crippen LogP contribution >= 0.6 is 0 Å². The molecule has 1 atom stereocenters. The molecule has 21 heavy (non-hydrogen) atoms. The minimum atomic E-state index is -0.221. The maximum Gasteiger partial charge on any atom is 0.255 e. The van der Waals surface area contributed by atoms with Gasteiger partial charge in [0.2, 0.25) is 0 Å². The molecule has 6 heteroatoms. The first-order valence-corrected chi connectivity index (χ1v) is 6.66. The van der Waals surface area contributed by atoms with E-state index in [0.717, 1.165) is 0 Å². The molecule has 2 heterocycles. The Labute approximate surface area is 122 Å². The summed E-state index contributed by atoms with van der Waals surface area (Å²) in [6.45, 7) is 5.59. The summed E-state index contributed by atoms with van der Waals surface area (Å²) in [5.74, 6) is 0.695. The maximum absolute atomic E-state index is 12.0. The van der Waals surface area contributed by atoms with E-state index in [1.165, 1.54) is 12.5 Å². The fraction of sp³-hybridized carbons (Fsp3) is 0.333. The molecule has 0 aliphatic rings. The Morgan fingerprint density at radius 1 is 1.05 bits per heavy atom. The van der Waals surface area contributed by atoms with Crippen molar-refractivity contribution < 1.29 is 18.4 Å². The van der Waals surface area contributed by atoms with Crippen LogP contribution in [0.4, 0.5) is 0 Å². The molecule has 0 radical (unpaired) electrons. The zero-order chi connectivity index (χ0) is 15.4. The van der Waals surface area contributed by atoms with E-state index in [-0.39, 0.29) is 17.9 Å². The predicted octanol–water partition coefficient (Wildman–Crippen LogP) is 2.04. The average Bonchev–Trinajstić information content (AvgIpc) is 3.04. The highest BCUT2D eigenvalue weighted by atomic mass is 16.3. The molecular weight excluding hydrogens is 272 g/mol. The van der Waals surface area contributed by atoms with Crippen LogP contribution in [-0.2, 0) is 0 Å². The van der Waals surface area contributed by atoms with Gasteiger partial charge in [-0.15, -0.1) is 0 Å². The zero-order valence-corrected chi connectivity index (χ0v) is 12.2. The number of carbonyl (C=O) groups is 2. The smallest absolute Gasteiger partial charge is 0.255 e. The van der Waals surface area contributed by atoms with Gasteiger partial charge in [0.25, 0.3) is 11.8 Å². The molecule has 2 rings (SSSR count). The number of rotatable bonds is 5. The molecule has 0 aliphatic heterocycles. The first-order valence-electron chi connectivity index (χ1n) is 6.66. The topological polar surface area (TPSA) is 84.5 Å². The second-order valence-corrected chi connectivity index (χ2v) is 4.87. The van der Waals surface area contributed by atoms with Crippen LogP contribution in [0.25, 0.3) is 0 Å². The largest absolute Gasteiger partial charge is 0.469 e. The molecule has 6 nitrogen and oxygen atoms in total. The van der Waals surface area contributed by atoms with Gasteiger partial charge in [0.1, 0.15) is 11.5 Å². The van der Waals surface area contributed by atoms with Crippen LogP contribution in [0.5, 0.6) is 0 Å². The van der Waals surface area contributed by atoms with Crippen molar-refractivity contribution in [3.05, 3.63) is 47.3 Å². The standard InChI is InChI=1S/C15H18N2O4/c1-9(17-15(19)13-5-7-21-11(13)3)8-16-14(18)12-4-6-20-10(12)2/h4-7,9H,8H2,1-3H3,(H,16,18)(H,17,19)/t9-/m0/s1. The summed E-state index contributed by atoms with van der Waals surface area (Å²) in [5, 5.41) is 5.56. The molecule has 0 saturated carbocycles. The lowest BCUT2D eigenvalue weighted by Gasteiger charge is -2.14. The number of carbonyl (C=O) groups excluding carboxylic acids is 2. The highest BCUT2D eigenvalue weighted by molar-refractivity contribution is 5.96. The number of hydrogen-bond donors (Lipinski definition) is 2. The van der Waals surface area contributed by atoms with Crippen LogP contribution in [-0.4, -0.2) is 24.4 Å². The van der Waals surface area contributed by atoms with Gasteiger partial charge in [-0.2, -0.15) is 0 Å². The summed E-state index contributed by atoms with van der Waals surface area (Å²) >= 11 is 0. The fourth-order valence-electron chi connectivity index (χ4n) is 1.93. The highest BCUT2D eigenvalue weighted by Gasteiger charge is 2.16. The lowest BCUT2D eigenvalue weighted by Crippen LogP contribution is -2.41. The number of hydrogen-bond acceptors (Lipinski definition) is 4. The van der Waals surface area contributed by atoms with E-state index in [4.69, 9.17) is 8.83 Å². The summed E-state index contributed by atoms with van der Waals surface area (Å²) in [4.78, 5) is 23.9. The van der Waals surface area contributed by atoms with Crippen LogP contribution in [0.3, 0.4) is 0 Å². The van der Waals surface area contributed by atoms with Crippen LogP contribution in [0, 0.1) is 13.8 Å². The van der Waals surface area contributed by atoms with E-state index in [0.29, 0.717) is 29.2 Å². The van der Waals surface area contributed by atoms with E-state index in [1.807, 2.05) is 6.92 Å². The van der Waals surface area contributed by atoms with E-state index in [1.54, 1.807) is 26.0 Å². The van der Waals surface area contributed by atoms with Crippen molar-refractivity contribution in [2.75, 3.05) is 6.54 Å². The first-order chi connectivity index (χ1) is 9.99. The van der Waals surface area contributed by atoms with Gasteiger partial charge in [0.15, 0.2) is 0 Å². The Kier molecular flexibility index (Phi) is 4.47. The van der Waals surface area contributed by atoms with Crippen molar-refractivity contribution in [2.45, 2.75) is 26.8 Å². The van der Waals surface area contributed by atoms with Crippen LogP contribution in [0.15, 0.2) is 33.5 Å². The van der Waals surface area contributed by atoms with E-state index < -0.39 is 0 Å². The van der Waals surface area contributed by atoms with Gasteiger partial charge in [-0.1, -0.05) is 0 Å². The molecule has 2 aromatic rings. The Bertz CT molecular complexity index is 642. The second kappa shape index (κ2) is 6.30. The first kappa shape index (κ1) is 14.9. The van der Waals surface area contributed by atoms with E-state index in [9.17, 15) is 9.59 Å². The van der Waals surface area contributed by atoms with E-state index in [2.05, 4.69) is 10.6 Å². The molecule has 2 N–H and O–H groups in total. The normalized spacial score (nSPS) is 12.0. The van der Waals surface area contributed by atoms with Crippen molar-refractivity contribution in [1.82, 2.24) is 10.6 Å². The molecule has 0 saturated heterocycles. The molecule has 2 aromatic heterocycles. The summed E-state index contributed by atoms with van der Waals surface area (Å²) in [6.07, 6.45) is 2.94.